The summed E-state index contributed by atoms with van der Waals surface area (Å²) in [7, 11) is 0. The quantitative estimate of drug-likeness (QED) is 0.823. The van der Waals surface area contributed by atoms with Gasteiger partial charge in [0.15, 0.2) is 0 Å². The molecule has 3 aliphatic rings. The Morgan fingerprint density at radius 3 is 2.71 bits per heavy atom. The molecule has 0 radical (unpaired) electrons. The number of carboxylic acid groups (broad SMARTS) is 1. The van der Waals surface area contributed by atoms with Crippen LogP contribution in [0.1, 0.15) is 26.2 Å². The van der Waals surface area contributed by atoms with E-state index in [1.54, 1.807) is 4.90 Å². The summed E-state index contributed by atoms with van der Waals surface area (Å²) in [6.07, 6.45) is 2.57. The van der Waals surface area contributed by atoms with Gasteiger partial charge in [0.05, 0.1) is 11.3 Å². The summed E-state index contributed by atoms with van der Waals surface area (Å²) in [6.45, 7) is 3.06. The Bertz CT molecular complexity index is 480. The summed E-state index contributed by atoms with van der Waals surface area (Å²) in [5, 5.41) is 9.11. The fourth-order valence-electron chi connectivity index (χ4n) is 3.10. The van der Waals surface area contributed by atoms with Crippen LogP contribution in [-0.4, -0.2) is 62.9 Å². The molecule has 7 heteroatoms. The maximum Gasteiger partial charge on any atom is 0.327 e. The number of carbonyl (C=O) groups is 3. The van der Waals surface area contributed by atoms with Crippen molar-refractivity contribution in [2.75, 3.05) is 18.8 Å². The molecule has 116 valence electrons. The Morgan fingerprint density at radius 2 is 2.10 bits per heavy atom. The van der Waals surface area contributed by atoms with Gasteiger partial charge in [-0.05, 0) is 25.7 Å². The van der Waals surface area contributed by atoms with E-state index in [1.165, 1.54) is 29.5 Å². The fourth-order valence-corrected chi connectivity index (χ4v) is 4.28. The molecule has 0 aromatic heterocycles. The first kappa shape index (κ1) is 14.7. The van der Waals surface area contributed by atoms with Crippen LogP contribution in [0, 0.1) is 11.8 Å². The topological polar surface area (TPSA) is 77.9 Å². The predicted octanol–water partition coefficient (Wildman–Crippen LogP) is 0.619. The lowest BCUT2D eigenvalue weighted by Gasteiger charge is -2.27. The third-order valence-corrected chi connectivity index (χ3v) is 5.72. The minimum atomic E-state index is -0.959. The molecule has 2 heterocycles. The smallest absolute Gasteiger partial charge is 0.327 e. The standard InChI is InChI=1S/C14H20N2O4S/c1-8-16(11(7-21-8)14(19)20)13(18)10-4-12(17)15(6-10)5-9-2-3-9/h8-11H,2-7H2,1H3,(H,19,20). The van der Waals surface area contributed by atoms with Crippen molar-refractivity contribution in [3.63, 3.8) is 0 Å². The summed E-state index contributed by atoms with van der Waals surface area (Å²) in [5.41, 5.74) is 0. The fraction of sp³-hybridized carbons (Fsp3) is 0.786. The van der Waals surface area contributed by atoms with Crippen molar-refractivity contribution in [1.82, 2.24) is 9.80 Å². The molecule has 3 rings (SSSR count). The third-order valence-electron chi connectivity index (χ3n) is 4.50. The van der Waals surface area contributed by atoms with Gasteiger partial charge in [-0.1, -0.05) is 0 Å². The van der Waals surface area contributed by atoms with Gasteiger partial charge in [0.2, 0.25) is 11.8 Å². The summed E-state index contributed by atoms with van der Waals surface area (Å²) >= 11 is 1.48. The molecule has 1 N–H and O–H groups in total. The number of nitrogens with zero attached hydrogens (tertiary/aromatic N) is 2. The molecular weight excluding hydrogens is 292 g/mol. The predicted molar refractivity (Wildman–Crippen MR) is 77.6 cm³/mol. The summed E-state index contributed by atoms with van der Waals surface area (Å²) in [6, 6.07) is -0.759. The second-order valence-electron chi connectivity index (χ2n) is 6.18. The monoisotopic (exact) mass is 312 g/mol. The van der Waals surface area contributed by atoms with Gasteiger partial charge >= 0.3 is 5.97 Å². The van der Waals surface area contributed by atoms with Gasteiger partial charge < -0.3 is 14.9 Å². The molecular formula is C14H20N2O4S. The zero-order valence-electron chi connectivity index (χ0n) is 12.0. The minimum absolute atomic E-state index is 0.0339. The average Bonchev–Trinajstić information content (AvgIpc) is 3.04. The van der Waals surface area contributed by atoms with E-state index in [-0.39, 0.29) is 29.5 Å². The average molecular weight is 312 g/mol. The van der Waals surface area contributed by atoms with Crippen molar-refractivity contribution >= 4 is 29.5 Å². The Labute approximate surface area is 127 Å². The minimum Gasteiger partial charge on any atom is -0.480 e. The maximum atomic E-state index is 12.6. The van der Waals surface area contributed by atoms with Crippen molar-refractivity contribution < 1.29 is 19.5 Å². The van der Waals surface area contributed by atoms with Crippen LogP contribution in [0.5, 0.6) is 0 Å². The van der Waals surface area contributed by atoms with E-state index in [9.17, 15) is 19.5 Å². The molecule has 0 spiro atoms. The lowest BCUT2D eigenvalue weighted by Crippen LogP contribution is -2.47. The van der Waals surface area contributed by atoms with E-state index < -0.39 is 12.0 Å². The van der Waals surface area contributed by atoms with E-state index in [4.69, 9.17) is 0 Å². The lowest BCUT2D eigenvalue weighted by atomic mass is 10.1. The molecule has 2 amide bonds. The Hall–Kier alpha value is -1.24. The number of hydrogen-bond acceptors (Lipinski definition) is 4. The van der Waals surface area contributed by atoms with E-state index in [0.717, 1.165) is 6.54 Å². The van der Waals surface area contributed by atoms with Crippen LogP contribution in [0.25, 0.3) is 0 Å². The Kier molecular flexibility index (Phi) is 3.86. The van der Waals surface area contributed by atoms with E-state index >= 15 is 0 Å². The summed E-state index contributed by atoms with van der Waals surface area (Å²) in [4.78, 5) is 39.2. The zero-order chi connectivity index (χ0) is 15.1. The van der Waals surface area contributed by atoms with Crippen LogP contribution in [0.15, 0.2) is 0 Å². The molecule has 21 heavy (non-hydrogen) atoms. The molecule has 6 nitrogen and oxygen atoms in total. The van der Waals surface area contributed by atoms with Gasteiger partial charge in [0.1, 0.15) is 6.04 Å². The molecule has 0 bridgehead atoms. The first-order chi connectivity index (χ1) is 9.97. The number of thioether (sulfide) groups is 1. The number of aliphatic carboxylic acids is 1. The van der Waals surface area contributed by atoms with Gasteiger partial charge in [-0.25, -0.2) is 4.79 Å². The van der Waals surface area contributed by atoms with Crippen LogP contribution in [-0.2, 0) is 14.4 Å². The summed E-state index contributed by atoms with van der Waals surface area (Å²) in [5.74, 6) is -0.443. The van der Waals surface area contributed by atoms with Crippen molar-refractivity contribution in [3.8, 4) is 0 Å². The van der Waals surface area contributed by atoms with Crippen LogP contribution >= 0.6 is 11.8 Å². The van der Waals surface area contributed by atoms with Crippen molar-refractivity contribution in [2.45, 2.75) is 37.6 Å². The molecule has 0 aromatic carbocycles. The zero-order valence-corrected chi connectivity index (χ0v) is 12.8. The van der Waals surface area contributed by atoms with E-state index in [0.29, 0.717) is 18.2 Å². The lowest BCUT2D eigenvalue weighted by molar-refractivity contribution is -0.150. The van der Waals surface area contributed by atoms with Crippen molar-refractivity contribution in [3.05, 3.63) is 0 Å². The first-order valence-corrected chi connectivity index (χ1v) is 8.46. The highest BCUT2D eigenvalue weighted by molar-refractivity contribution is 8.00. The molecule has 3 unspecified atom stereocenters. The van der Waals surface area contributed by atoms with Gasteiger partial charge in [0.25, 0.3) is 0 Å². The number of carboxylic acids is 1. The number of amides is 2. The molecule has 3 atom stereocenters. The van der Waals surface area contributed by atoms with E-state index in [2.05, 4.69) is 0 Å². The first-order valence-electron chi connectivity index (χ1n) is 7.41. The highest BCUT2D eigenvalue weighted by Crippen LogP contribution is 2.34. The highest BCUT2D eigenvalue weighted by Gasteiger charge is 2.45. The normalized spacial score (nSPS) is 32.8. The summed E-state index contributed by atoms with van der Waals surface area (Å²) < 4.78 is 0. The van der Waals surface area contributed by atoms with Crippen LogP contribution in [0.2, 0.25) is 0 Å². The molecule has 1 saturated carbocycles. The third kappa shape index (κ3) is 2.88. The van der Waals surface area contributed by atoms with Crippen LogP contribution in [0.3, 0.4) is 0 Å². The van der Waals surface area contributed by atoms with Gasteiger partial charge in [-0.2, -0.15) is 0 Å². The number of rotatable bonds is 4. The second-order valence-corrected chi connectivity index (χ2v) is 7.52. The molecule has 3 fully saturated rings. The number of carbonyl (C=O) groups excluding carboxylic acids is 2. The maximum absolute atomic E-state index is 12.6. The van der Waals surface area contributed by atoms with Gasteiger partial charge in [-0.15, -0.1) is 11.8 Å². The molecule has 2 saturated heterocycles. The SMILES string of the molecule is CC1SCC(C(=O)O)N1C(=O)C1CC(=O)N(CC2CC2)C1. The Morgan fingerprint density at radius 1 is 1.38 bits per heavy atom. The van der Waals surface area contributed by atoms with Crippen LogP contribution in [0.4, 0.5) is 0 Å². The molecule has 1 aliphatic carbocycles. The largest absolute Gasteiger partial charge is 0.480 e. The van der Waals surface area contributed by atoms with Crippen molar-refractivity contribution in [1.29, 1.82) is 0 Å². The van der Waals surface area contributed by atoms with Gasteiger partial charge in [-0.3, -0.25) is 9.59 Å². The Balaban J connectivity index is 1.67. The molecule has 2 aliphatic heterocycles. The number of hydrogen-bond donors (Lipinski definition) is 1. The highest BCUT2D eigenvalue weighted by atomic mass is 32.2. The van der Waals surface area contributed by atoms with E-state index in [1.807, 2.05) is 6.92 Å². The van der Waals surface area contributed by atoms with Gasteiger partial charge in [0, 0.05) is 25.3 Å². The number of likely N-dealkylation sites (tertiary alicyclic amines) is 1. The second kappa shape index (κ2) is 5.51. The van der Waals surface area contributed by atoms with Crippen molar-refractivity contribution in [2.24, 2.45) is 11.8 Å². The van der Waals surface area contributed by atoms with Crippen LogP contribution < -0.4 is 0 Å². The molecule has 0 aromatic rings.